The third-order valence-electron chi connectivity index (χ3n) is 5.26. The summed E-state index contributed by atoms with van der Waals surface area (Å²) in [5.74, 6) is 0.0969. The first-order valence-electron chi connectivity index (χ1n) is 10.8. The number of amides is 2. The predicted molar refractivity (Wildman–Crippen MR) is 119 cm³/mol. The standard InChI is InChI=1S/C23H38N4O2/c1-19-8-5-9-20(18-19)27-16-14-26(15-17-27)13-7-12-24-21(28)10-6-11-25-22(29)23(2,3)4/h5,8-9,18H,6-7,10-17H2,1-4H3,(H,24,28)(H,25,29). The summed E-state index contributed by atoms with van der Waals surface area (Å²) in [4.78, 5) is 28.6. The van der Waals surface area contributed by atoms with E-state index in [0.29, 0.717) is 25.9 Å². The Bertz CT molecular complexity index is 661. The summed E-state index contributed by atoms with van der Waals surface area (Å²) in [6.45, 7) is 14.3. The molecule has 0 aliphatic carbocycles. The van der Waals surface area contributed by atoms with Gasteiger partial charge in [0, 0.05) is 56.8 Å². The minimum Gasteiger partial charge on any atom is -0.369 e. The Balaban J connectivity index is 1.51. The van der Waals surface area contributed by atoms with Gasteiger partial charge in [0.2, 0.25) is 11.8 Å². The third kappa shape index (κ3) is 8.44. The Morgan fingerprint density at radius 2 is 1.69 bits per heavy atom. The highest BCUT2D eigenvalue weighted by Crippen LogP contribution is 2.17. The number of carbonyl (C=O) groups is 2. The van der Waals surface area contributed by atoms with Crippen LogP contribution in [0.5, 0.6) is 0 Å². The van der Waals surface area contributed by atoms with E-state index in [1.54, 1.807) is 0 Å². The number of rotatable bonds is 9. The summed E-state index contributed by atoms with van der Waals surface area (Å²) in [6, 6.07) is 8.70. The quantitative estimate of drug-likeness (QED) is 0.623. The number of carbonyl (C=O) groups excluding carboxylic acids is 2. The molecule has 0 saturated carbocycles. The van der Waals surface area contributed by atoms with Crippen LogP contribution in [0.3, 0.4) is 0 Å². The van der Waals surface area contributed by atoms with Crippen LogP contribution in [0.1, 0.15) is 45.6 Å². The summed E-state index contributed by atoms with van der Waals surface area (Å²) in [5, 5.41) is 5.87. The van der Waals surface area contributed by atoms with E-state index >= 15 is 0 Å². The molecule has 1 heterocycles. The molecule has 1 fully saturated rings. The van der Waals surface area contributed by atoms with E-state index < -0.39 is 0 Å². The van der Waals surface area contributed by atoms with Crippen molar-refractivity contribution in [3.63, 3.8) is 0 Å². The van der Waals surface area contributed by atoms with Crippen molar-refractivity contribution in [3.05, 3.63) is 29.8 Å². The molecule has 2 N–H and O–H groups in total. The van der Waals surface area contributed by atoms with Gasteiger partial charge in [0.25, 0.3) is 0 Å². The zero-order chi connectivity index (χ0) is 21.3. The van der Waals surface area contributed by atoms with Gasteiger partial charge in [-0.05, 0) is 44.0 Å². The molecule has 2 amide bonds. The lowest BCUT2D eigenvalue weighted by Crippen LogP contribution is -2.47. The fourth-order valence-electron chi connectivity index (χ4n) is 3.39. The van der Waals surface area contributed by atoms with Gasteiger partial charge in [0.05, 0.1) is 0 Å². The molecule has 1 aromatic rings. The molecule has 0 unspecified atom stereocenters. The number of anilines is 1. The normalized spacial score (nSPS) is 15.2. The van der Waals surface area contributed by atoms with Crippen molar-refractivity contribution < 1.29 is 9.59 Å². The third-order valence-corrected chi connectivity index (χ3v) is 5.26. The van der Waals surface area contributed by atoms with Crippen LogP contribution in [0.2, 0.25) is 0 Å². The molecule has 162 valence electrons. The molecule has 0 spiro atoms. The summed E-state index contributed by atoms with van der Waals surface area (Å²) < 4.78 is 0. The molecular weight excluding hydrogens is 364 g/mol. The summed E-state index contributed by atoms with van der Waals surface area (Å²) in [6.07, 6.45) is 2.10. The molecular formula is C23H38N4O2. The highest BCUT2D eigenvalue weighted by Gasteiger charge is 2.20. The second-order valence-corrected chi connectivity index (χ2v) is 8.98. The van der Waals surface area contributed by atoms with Crippen LogP contribution in [-0.2, 0) is 9.59 Å². The lowest BCUT2D eigenvalue weighted by atomic mass is 9.96. The zero-order valence-electron chi connectivity index (χ0n) is 18.6. The van der Waals surface area contributed by atoms with Gasteiger partial charge < -0.3 is 15.5 Å². The first-order valence-corrected chi connectivity index (χ1v) is 10.8. The number of aryl methyl sites for hydroxylation is 1. The molecule has 6 heteroatoms. The molecule has 1 aromatic carbocycles. The van der Waals surface area contributed by atoms with Crippen LogP contribution in [0.4, 0.5) is 5.69 Å². The van der Waals surface area contributed by atoms with Gasteiger partial charge in [-0.2, -0.15) is 0 Å². The topological polar surface area (TPSA) is 64.7 Å². The van der Waals surface area contributed by atoms with Crippen LogP contribution in [0, 0.1) is 12.3 Å². The Kier molecular flexibility index (Phi) is 8.96. The van der Waals surface area contributed by atoms with E-state index in [9.17, 15) is 9.59 Å². The van der Waals surface area contributed by atoms with Crippen molar-refractivity contribution in [2.45, 2.75) is 47.0 Å². The lowest BCUT2D eigenvalue weighted by Gasteiger charge is -2.36. The van der Waals surface area contributed by atoms with Crippen molar-refractivity contribution in [2.24, 2.45) is 5.41 Å². The van der Waals surface area contributed by atoms with E-state index in [1.807, 2.05) is 20.8 Å². The summed E-state index contributed by atoms with van der Waals surface area (Å²) in [5.41, 5.74) is 2.24. The van der Waals surface area contributed by atoms with Crippen LogP contribution in [0.25, 0.3) is 0 Å². The number of piperazine rings is 1. The maximum atomic E-state index is 11.9. The van der Waals surface area contributed by atoms with Gasteiger partial charge in [-0.25, -0.2) is 0 Å². The van der Waals surface area contributed by atoms with Gasteiger partial charge in [0.1, 0.15) is 0 Å². The lowest BCUT2D eigenvalue weighted by molar-refractivity contribution is -0.128. The minimum absolute atomic E-state index is 0.0282. The van der Waals surface area contributed by atoms with Crippen LogP contribution in [-0.4, -0.2) is 62.5 Å². The SMILES string of the molecule is Cc1cccc(N2CCN(CCCNC(=O)CCCNC(=O)C(C)(C)C)CC2)c1. The smallest absolute Gasteiger partial charge is 0.225 e. The van der Waals surface area contributed by atoms with E-state index in [0.717, 1.165) is 39.1 Å². The number of nitrogens with one attached hydrogen (secondary N) is 2. The van der Waals surface area contributed by atoms with Gasteiger partial charge in [-0.15, -0.1) is 0 Å². The van der Waals surface area contributed by atoms with Crippen LogP contribution >= 0.6 is 0 Å². The van der Waals surface area contributed by atoms with Crippen LogP contribution < -0.4 is 15.5 Å². The zero-order valence-corrected chi connectivity index (χ0v) is 18.6. The number of hydrogen-bond acceptors (Lipinski definition) is 4. The van der Waals surface area contributed by atoms with E-state index in [2.05, 4.69) is 51.6 Å². The minimum atomic E-state index is -0.381. The Morgan fingerprint density at radius 3 is 2.34 bits per heavy atom. The number of hydrogen-bond donors (Lipinski definition) is 2. The molecule has 2 rings (SSSR count). The van der Waals surface area contributed by atoms with Gasteiger partial charge in [0.15, 0.2) is 0 Å². The Hall–Kier alpha value is -2.08. The maximum absolute atomic E-state index is 11.9. The first-order chi connectivity index (χ1) is 13.8. The Morgan fingerprint density at radius 1 is 1.00 bits per heavy atom. The molecule has 0 radical (unpaired) electrons. The molecule has 0 bridgehead atoms. The van der Waals surface area contributed by atoms with Gasteiger partial charge >= 0.3 is 0 Å². The first kappa shape index (κ1) is 23.2. The van der Waals surface area contributed by atoms with Crippen molar-refractivity contribution in [3.8, 4) is 0 Å². The molecule has 6 nitrogen and oxygen atoms in total. The van der Waals surface area contributed by atoms with Crippen molar-refractivity contribution >= 4 is 17.5 Å². The fourth-order valence-corrected chi connectivity index (χ4v) is 3.39. The monoisotopic (exact) mass is 402 g/mol. The summed E-state index contributed by atoms with van der Waals surface area (Å²) >= 11 is 0. The van der Waals surface area contributed by atoms with E-state index in [4.69, 9.17) is 0 Å². The highest BCUT2D eigenvalue weighted by molar-refractivity contribution is 5.81. The number of nitrogens with zero attached hydrogens (tertiary/aromatic N) is 2. The average Bonchev–Trinajstić information content (AvgIpc) is 2.68. The molecule has 1 aliphatic rings. The van der Waals surface area contributed by atoms with Crippen LogP contribution in [0.15, 0.2) is 24.3 Å². The molecule has 29 heavy (non-hydrogen) atoms. The Labute approximate surface area is 176 Å². The van der Waals surface area contributed by atoms with Gasteiger partial charge in [-0.3, -0.25) is 14.5 Å². The van der Waals surface area contributed by atoms with Crippen molar-refractivity contribution in [2.75, 3.05) is 50.7 Å². The average molecular weight is 403 g/mol. The second-order valence-electron chi connectivity index (χ2n) is 8.98. The maximum Gasteiger partial charge on any atom is 0.225 e. The van der Waals surface area contributed by atoms with E-state index in [-0.39, 0.29) is 17.2 Å². The highest BCUT2D eigenvalue weighted by atomic mass is 16.2. The van der Waals surface area contributed by atoms with Crippen molar-refractivity contribution in [1.82, 2.24) is 15.5 Å². The molecule has 1 saturated heterocycles. The fraction of sp³-hybridized carbons (Fsp3) is 0.652. The largest absolute Gasteiger partial charge is 0.369 e. The van der Waals surface area contributed by atoms with Gasteiger partial charge in [-0.1, -0.05) is 32.9 Å². The predicted octanol–water partition coefficient (Wildman–Crippen LogP) is 2.57. The molecule has 1 aliphatic heterocycles. The molecule has 0 atom stereocenters. The number of benzene rings is 1. The molecule has 0 aromatic heterocycles. The second kappa shape index (κ2) is 11.2. The summed E-state index contributed by atoms with van der Waals surface area (Å²) in [7, 11) is 0. The van der Waals surface area contributed by atoms with E-state index in [1.165, 1.54) is 11.3 Å². The van der Waals surface area contributed by atoms with Crippen molar-refractivity contribution in [1.29, 1.82) is 0 Å².